The lowest BCUT2D eigenvalue weighted by molar-refractivity contribution is 1.49. The van der Waals surface area contributed by atoms with Gasteiger partial charge >= 0.3 is 0 Å². The van der Waals surface area contributed by atoms with Gasteiger partial charge in [-0.3, -0.25) is 0 Å². The van der Waals surface area contributed by atoms with Crippen molar-refractivity contribution in [1.82, 2.24) is 0 Å². The van der Waals surface area contributed by atoms with E-state index in [1.165, 1.54) is 0 Å². The van der Waals surface area contributed by atoms with Gasteiger partial charge < -0.3 is 0 Å². The summed E-state index contributed by atoms with van der Waals surface area (Å²) in [4.78, 5) is 0. The van der Waals surface area contributed by atoms with Crippen molar-refractivity contribution in [1.29, 1.82) is 0 Å². The maximum Gasteiger partial charge on any atom is 0.0754 e. The number of benzene rings is 1. The molecule has 3 radical (unpaired) electrons. The zero-order chi connectivity index (χ0) is 8.59. The molecule has 1 aromatic carbocycles. The molecule has 1 rings (SSSR count). The number of rotatable bonds is 0. The molecule has 0 fully saturated rings. The first-order chi connectivity index (χ1) is 5.04. The van der Waals surface area contributed by atoms with Crippen LogP contribution in [0.15, 0.2) is 6.07 Å². The van der Waals surface area contributed by atoms with Crippen molar-refractivity contribution in [2.75, 3.05) is 0 Å². The monoisotopic (exact) mass is 221 g/mol. The highest BCUT2D eigenvalue weighted by atomic mass is 35.5. The molecule has 0 amide bonds. The third-order valence-electron chi connectivity index (χ3n) is 1.34. The molecule has 0 saturated carbocycles. The van der Waals surface area contributed by atoms with E-state index in [4.69, 9.17) is 34.8 Å². The molecule has 0 bridgehead atoms. The Kier molecular flexibility index (Phi) is 2.87. The van der Waals surface area contributed by atoms with Crippen LogP contribution in [0.1, 0.15) is 5.56 Å². The van der Waals surface area contributed by atoms with E-state index in [0.29, 0.717) is 20.3 Å². The van der Waals surface area contributed by atoms with Crippen LogP contribution in [0.2, 0.25) is 15.1 Å². The topological polar surface area (TPSA) is 0 Å². The molecule has 11 heavy (non-hydrogen) atoms. The zero-order valence-corrected chi connectivity index (χ0v) is 8.98. The summed E-state index contributed by atoms with van der Waals surface area (Å²) in [5.74, 6) is 0. The highest BCUT2D eigenvalue weighted by Gasteiger charge is 2.07. The number of hydrogen-bond acceptors (Lipinski definition) is 0. The van der Waals surface area contributed by atoms with Crippen LogP contribution in [0.25, 0.3) is 0 Å². The van der Waals surface area contributed by atoms with E-state index in [0.717, 1.165) is 5.56 Å². The predicted octanol–water partition coefficient (Wildman–Crippen LogP) is 2.75. The maximum absolute atomic E-state index is 5.83. The van der Waals surface area contributed by atoms with Crippen molar-refractivity contribution >= 4 is 50.2 Å². The summed E-state index contributed by atoms with van der Waals surface area (Å²) in [5.41, 5.74) is 0.878. The maximum atomic E-state index is 5.83. The van der Waals surface area contributed by atoms with Gasteiger partial charge in [0, 0.05) is 5.02 Å². The standard InChI is InChI=1S/C7H4Cl3Si/c1-3-2-4(8)7(11)6(10)5(3)9/h2H,1H3. The van der Waals surface area contributed by atoms with Crippen molar-refractivity contribution in [2.24, 2.45) is 0 Å². The Morgan fingerprint density at radius 2 is 1.73 bits per heavy atom. The normalized spacial score (nSPS) is 10.3. The van der Waals surface area contributed by atoms with Crippen LogP contribution in [-0.4, -0.2) is 10.2 Å². The molecule has 0 unspecified atom stereocenters. The van der Waals surface area contributed by atoms with Crippen LogP contribution in [0.4, 0.5) is 0 Å². The largest absolute Gasteiger partial charge is 0.0844 e. The summed E-state index contributed by atoms with van der Waals surface area (Å²) in [7, 11) is 3.27. The molecule has 0 N–H and O–H groups in total. The number of aryl methyl sites for hydroxylation is 1. The van der Waals surface area contributed by atoms with Crippen LogP contribution in [-0.2, 0) is 0 Å². The van der Waals surface area contributed by atoms with Crippen molar-refractivity contribution in [2.45, 2.75) is 6.92 Å². The van der Waals surface area contributed by atoms with Gasteiger partial charge in [0.15, 0.2) is 0 Å². The minimum atomic E-state index is 0.466. The van der Waals surface area contributed by atoms with Gasteiger partial charge in [-0.25, -0.2) is 0 Å². The van der Waals surface area contributed by atoms with Crippen LogP contribution in [0, 0.1) is 6.92 Å². The van der Waals surface area contributed by atoms with Gasteiger partial charge in [0.25, 0.3) is 0 Å². The lowest BCUT2D eigenvalue weighted by Crippen LogP contribution is -2.06. The lowest BCUT2D eigenvalue weighted by Gasteiger charge is -2.05. The summed E-state index contributed by atoms with van der Waals surface area (Å²) in [6.45, 7) is 1.85. The van der Waals surface area contributed by atoms with E-state index in [2.05, 4.69) is 10.2 Å². The molecular weight excluding hydrogens is 219 g/mol. The van der Waals surface area contributed by atoms with Crippen molar-refractivity contribution < 1.29 is 0 Å². The lowest BCUT2D eigenvalue weighted by atomic mass is 10.2. The smallest absolute Gasteiger partial charge is 0.0754 e. The SMILES string of the molecule is Cc1cc(Cl)c([Si])c(Cl)c1Cl. The fraction of sp³-hybridized carbons (Fsp3) is 0.143. The van der Waals surface area contributed by atoms with Gasteiger partial charge in [0.1, 0.15) is 0 Å². The molecule has 0 aliphatic carbocycles. The van der Waals surface area contributed by atoms with Gasteiger partial charge in [0.2, 0.25) is 0 Å². The van der Waals surface area contributed by atoms with Crippen LogP contribution >= 0.6 is 34.8 Å². The summed E-state index contributed by atoms with van der Waals surface area (Å²) in [6, 6.07) is 1.76. The molecule has 0 saturated heterocycles. The molecular formula is C7H4Cl3Si. The number of halogens is 3. The van der Waals surface area contributed by atoms with Crippen molar-refractivity contribution in [3.05, 3.63) is 26.7 Å². The van der Waals surface area contributed by atoms with Crippen molar-refractivity contribution in [3.8, 4) is 0 Å². The van der Waals surface area contributed by atoms with E-state index in [-0.39, 0.29) is 0 Å². The fourth-order valence-corrected chi connectivity index (χ4v) is 1.70. The second-order valence-corrected chi connectivity index (χ2v) is 3.84. The van der Waals surface area contributed by atoms with Crippen LogP contribution in [0.3, 0.4) is 0 Å². The third kappa shape index (κ3) is 1.72. The molecule has 0 aliphatic rings. The molecule has 0 nitrogen and oxygen atoms in total. The Bertz CT molecular complexity index is 270. The predicted molar refractivity (Wildman–Crippen MR) is 51.6 cm³/mol. The fourth-order valence-electron chi connectivity index (χ4n) is 0.713. The highest BCUT2D eigenvalue weighted by molar-refractivity contribution is 6.55. The molecule has 0 aliphatic heterocycles. The molecule has 0 aromatic heterocycles. The average Bonchev–Trinajstić information content (AvgIpc) is 1.97. The Hall–Kier alpha value is 0.307. The third-order valence-corrected chi connectivity index (χ3v) is 3.44. The molecule has 0 atom stereocenters. The van der Waals surface area contributed by atoms with Crippen LogP contribution < -0.4 is 5.19 Å². The van der Waals surface area contributed by atoms with E-state index >= 15 is 0 Å². The molecule has 4 heteroatoms. The minimum absolute atomic E-state index is 0.466. The van der Waals surface area contributed by atoms with Gasteiger partial charge in [-0.1, -0.05) is 34.8 Å². The average molecular weight is 223 g/mol. The minimum Gasteiger partial charge on any atom is -0.0844 e. The zero-order valence-electron chi connectivity index (χ0n) is 5.71. The quantitative estimate of drug-likeness (QED) is 0.468. The summed E-state index contributed by atoms with van der Waals surface area (Å²) in [6.07, 6.45) is 0. The van der Waals surface area contributed by atoms with Crippen molar-refractivity contribution in [3.63, 3.8) is 0 Å². The van der Waals surface area contributed by atoms with E-state index in [1.54, 1.807) is 6.07 Å². The van der Waals surface area contributed by atoms with Gasteiger partial charge in [0.05, 0.1) is 20.3 Å². The molecule has 0 spiro atoms. The molecule has 0 heterocycles. The van der Waals surface area contributed by atoms with Gasteiger partial charge in [-0.15, -0.1) is 0 Å². The summed E-state index contributed by atoms with van der Waals surface area (Å²) >= 11 is 17.5. The van der Waals surface area contributed by atoms with Gasteiger partial charge in [-0.05, 0) is 23.7 Å². The number of hydrogen-bond donors (Lipinski definition) is 0. The highest BCUT2D eigenvalue weighted by Crippen LogP contribution is 2.26. The second-order valence-electron chi connectivity index (χ2n) is 2.18. The Morgan fingerprint density at radius 3 is 2.27 bits per heavy atom. The Balaban J connectivity index is 3.46. The summed E-state index contributed by atoms with van der Waals surface area (Å²) in [5, 5.41) is 2.23. The molecule has 1 aromatic rings. The Labute approximate surface area is 83.9 Å². The summed E-state index contributed by atoms with van der Waals surface area (Å²) < 4.78 is 0. The van der Waals surface area contributed by atoms with E-state index in [9.17, 15) is 0 Å². The first kappa shape index (κ1) is 9.40. The first-order valence-electron chi connectivity index (χ1n) is 2.89. The first-order valence-corrected chi connectivity index (χ1v) is 4.53. The second kappa shape index (κ2) is 3.36. The Morgan fingerprint density at radius 1 is 1.18 bits per heavy atom. The van der Waals surface area contributed by atoms with E-state index < -0.39 is 0 Å². The van der Waals surface area contributed by atoms with Crippen LogP contribution in [0.5, 0.6) is 0 Å². The van der Waals surface area contributed by atoms with Gasteiger partial charge in [-0.2, -0.15) is 0 Å². The molecule has 57 valence electrons. The van der Waals surface area contributed by atoms with E-state index in [1.807, 2.05) is 6.92 Å².